The molecular formula is C19H27BrN2O5S2. The molecule has 2 rings (SSSR count). The number of halogens is 1. The number of carbonyl (C=O) groups is 1. The van der Waals surface area contributed by atoms with Gasteiger partial charge in [0.05, 0.1) is 34.8 Å². The Morgan fingerprint density at radius 3 is 2.66 bits per heavy atom. The number of ether oxygens (including phenoxy) is 1. The molecule has 0 aromatic heterocycles. The maximum absolute atomic E-state index is 13.4. The summed E-state index contributed by atoms with van der Waals surface area (Å²) in [6.45, 7) is 4.72. The Morgan fingerprint density at radius 1 is 1.41 bits per heavy atom. The molecule has 0 radical (unpaired) electrons. The number of carbonyl (C=O) groups excluding carboxylic acids is 1. The van der Waals surface area contributed by atoms with Crippen molar-refractivity contribution in [2.75, 3.05) is 30.0 Å². The van der Waals surface area contributed by atoms with Crippen LogP contribution in [0.1, 0.15) is 42.6 Å². The molecule has 1 aliphatic heterocycles. The van der Waals surface area contributed by atoms with Gasteiger partial charge in [-0.1, -0.05) is 29.8 Å². The van der Waals surface area contributed by atoms with Gasteiger partial charge in [0.1, 0.15) is 11.3 Å². The Labute approximate surface area is 188 Å². The highest BCUT2D eigenvalue weighted by atomic mass is 79.9. The van der Waals surface area contributed by atoms with Gasteiger partial charge in [-0.15, -0.1) is 23.5 Å². The first-order chi connectivity index (χ1) is 14.0. The lowest BCUT2D eigenvalue weighted by molar-refractivity contribution is -0.385. The summed E-state index contributed by atoms with van der Waals surface area (Å²) in [6.07, 6.45) is 1.78. The molecule has 10 heteroatoms. The second kappa shape index (κ2) is 12.0. The van der Waals surface area contributed by atoms with Crippen molar-refractivity contribution in [3.63, 3.8) is 0 Å². The molecule has 1 heterocycles. The predicted octanol–water partition coefficient (Wildman–Crippen LogP) is 4.30. The maximum Gasteiger partial charge on any atom is 0.285 e. The van der Waals surface area contributed by atoms with Gasteiger partial charge in [0, 0.05) is 17.4 Å². The number of hydrogen-bond acceptors (Lipinski definition) is 7. The molecule has 1 aromatic carbocycles. The molecule has 1 amide bonds. The summed E-state index contributed by atoms with van der Waals surface area (Å²) in [6, 6.07) is 2.71. The lowest BCUT2D eigenvalue weighted by Gasteiger charge is -2.31. The Morgan fingerprint density at radius 2 is 2.10 bits per heavy atom. The van der Waals surface area contributed by atoms with E-state index in [1.165, 1.54) is 12.1 Å². The van der Waals surface area contributed by atoms with Crippen LogP contribution in [0, 0.1) is 10.1 Å². The summed E-state index contributed by atoms with van der Waals surface area (Å²) in [4.78, 5) is 26.3. The van der Waals surface area contributed by atoms with Crippen LogP contribution in [0.4, 0.5) is 5.69 Å². The SMILES string of the molecule is CCSC(SCC)[C@@H]1CCCN1C(=O)c1cc(CO)c(OCCBr)cc1[N+](=O)[O-]. The number of nitro groups is 1. The molecule has 7 nitrogen and oxygen atoms in total. The third-order valence-corrected chi connectivity index (χ3v) is 7.74. The minimum absolute atomic E-state index is 0.0129. The molecule has 29 heavy (non-hydrogen) atoms. The van der Waals surface area contributed by atoms with Crippen LogP contribution in [0.25, 0.3) is 0 Å². The quantitative estimate of drug-likeness (QED) is 0.207. The van der Waals surface area contributed by atoms with E-state index in [-0.39, 0.29) is 40.1 Å². The number of thioether (sulfide) groups is 2. The standard InChI is InChI=1S/C19H27BrN2O5S2/c1-3-28-19(29-4-2)15-6-5-8-21(15)18(24)14-10-13(12-23)17(27-9-7-20)11-16(14)22(25)26/h10-11,15,19,23H,3-9,12H2,1-2H3/t15-/m0/s1. The van der Waals surface area contributed by atoms with Crippen molar-refractivity contribution in [1.82, 2.24) is 4.90 Å². The molecule has 0 spiro atoms. The van der Waals surface area contributed by atoms with Gasteiger partial charge < -0.3 is 14.7 Å². The van der Waals surface area contributed by atoms with E-state index >= 15 is 0 Å². The van der Waals surface area contributed by atoms with Crippen LogP contribution in [-0.4, -0.2) is 61.4 Å². The van der Waals surface area contributed by atoms with E-state index in [9.17, 15) is 20.0 Å². The molecule has 1 aromatic rings. The Balaban J connectivity index is 2.40. The van der Waals surface area contributed by atoms with E-state index < -0.39 is 4.92 Å². The number of likely N-dealkylation sites (tertiary alicyclic amines) is 1. The average Bonchev–Trinajstić information content (AvgIpc) is 3.20. The number of nitrogens with zero attached hydrogens (tertiary/aromatic N) is 2. The average molecular weight is 507 g/mol. The highest BCUT2D eigenvalue weighted by Gasteiger charge is 2.37. The minimum atomic E-state index is -0.556. The van der Waals surface area contributed by atoms with Crippen LogP contribution < -0.4 is 4.74 Å². The van der Waals surface area contributed by atoms with Crippen molar-refractivity contribution in [1.29, 1.82) is 0 Å². The van der Waals surface area contributed by atoms with Crippen molar-refractivity contribution in [2.24, 2.45) is 0 Å². The fraction of sp³-hybridized carbons (Fsp3) is 0.632. The molecule has 1 saturated heterocycles. The van der Waals surface area contributed by atoms with Crippen molar-refractivity contribution >= 4 is 51.0 Å². The van der Waals surface area contributed by atoms with Crippen LogP contribution in [0.15, 0.2) is 12.1 Å². The second-order valence-corrected chi connectivity index (χ2v) is 10.3. The summed E-state index contributed by atoms with van der Waals surface area (Å²) >= 11 is 6.87. The van der Waals surface area contributed by atoms with Crippen LogP contribution >= 0.6 is 39.5 Å². The number of benzene rings is 1. The first-order valence-corrected chi connectivity index (χ1v) is 12.8. The number of aliphatic hydroxyl groups is 1. The predicted molar refractivity (Wildman–Crippen MR) is 122 cm³/mol. The van der Waals surface area contributed by atoms with Gasteiger partial charge in [-0.2, -0.15) is 0 Å². The normalized spacial score (nSPS) is 16.4. The summed E-state index contributed by atoms with van der Waals surface area (Å²) in [5.74, 6) is 1.78. The lowest BCUT2D eigenvalue weighted by atomic mass is 10.1. The smallest absolute Gasteiger partial charge is 0.285 e. The van der Waals surface area contributed by atoms with Gasteiger partial charge in [0.2, 0.25) is 0 Å². The van der Waals surface area contributed by atoms with E-state index in [0.29, 0.717) is 24.0 Å². The van der Waals surface area contributed by atoms with Gasteiger partial charge in [0.25, 0.3) is 11.6 Å². The molecular weight excluding hydrogens is 480 g/mol. The van der Waals surface area contributed by atoms with E-state index in [1.54, 1.807) is 4.90 Å². The number of hydrogen-bond donors (Lipinski definition) is 1. The Kier molecular flexibility index (Phi) is 10.1. The van der Waals surface area contributed by atoms with E-state index in [2.05, 4.69) is 29.8 Å². The molecule has 0 bridgehead atoms. The minimum Gasteiger partial charge on any atom is -0.492 e. The zero-order valence-corrected chi connectivity index (χ0v) is 19.9. The fourth-order valence-electron chi connectivity index (χ4n) is 3.42. The molecule has 1 aliphatic rings. The summed E-state index contributed by atoms with van der Waals surface area (Å²) in [5, 5.41) is 21.9. The zero-order valence-electron chi connectivity index (χ0n) is 16.6. The molecule has 1 N–H and O–H groups in total. The van der Waals surface area contributed by atoms with Crippen molar-refractivity contribution in [3.8, 4) is 5.75 Å². The Bertz CT molecular complexity index is 716. The first-order valence-electron chi connectivity index (χ1n) is 9.63. The molecule has 0 unspecified atom stereocenters. The number of alkyl halides is 1. The summed E-state index contributed by atoms with van der Waals surface area (Å²) < 4.78 is 5.75. The lowest BCUT2D eigenvalue weighted by Crippen LogP contribution is -2.41. The van der Waals surface area contributed by atoms with Crippen LogP contribution in [0.5, 0.6) is 5.75 Å². The summed E-state index contributed by atoms with van der Waals surface area (Å²) in [7, 11) is 0. The van der Waals surface area contributed by atoms with Crippen molar-refractivity contribution < 1.29 is 19.6 Å². The molecule has 1 fully saturated rings. The molecule has 0 aliphatic carbocycles. The first kappa shape index (κ1) is 24.3. The number of rotatable bonds is 11. The third kappa shape index (κ3) is 6.02. The van der Waals surface area contributed by atoms with Crippen LogP contribution in [0.3, 0.4) is 0 Å². The van der Waals surface area contributed by atoms with Gasteiger partial charge >= 0.3 is 0 Å². The van der Waals surface area contributed by atoms with E-state index in [0.717, 1.165) is 24.3 Å². The third-order valence-electron chi connectivity index (χ3n) is 4.65. The van der Waals surface area contributed by atoms with E-state index in [1.807, 2.05) is 23.5 Å². The Hall–Kier alpha value is -0.970. The van der Waals surface area contributed by atoms with Crippen LogP contribution in [0.2, 0.25) is 0 Å². The maximum atomic E-state index is 13.4. The largest absolute Gasteiger partial charge is 0.492 e. The van der Waals surface area contributed by atoms with Gasteiger partial charge in [-0.05, 0) is 30.4 Å². The monoisotopic (exact) mass is 506 g/mol. The van der Waals surface area contributed by atoms with Gasteiger partial charge in [0.15, 0.2) is 0 Å². The van der Waals surface area contributed by atoms with Crippen molar-refractivity contribution in [2.45, 2.75) is 43.9 Å². The van der Waals surface area contributed by atoms with Gasteiger partial charge in [-0.3, -0.25) is 14.9 Å². The number of amides is 1. The zero-order chi connectivity index (χ0) is 21.4. The van der Waals surface area contributed by atoms with Crippen LogP contribution in [-0.2, 0) is 6.61 Å². The topological polar surface area (TPSA) is 92.9 Å². The highest BCUT2D eigenvalue weighted by Crippen LogP contribution is 2.37. The molecule has 0 saturated carbocycles. The second-order valence-electron chi connectivity index (χ2n) is 6.42. The van der Waals surface area contributed by atoms with Crippen molar-refractivity contribution in [3.05, 3.63) is 33.4 Å². The number of nitro benzene ring substituents is 1. The summed E-state index contributed by atoms with van der Waals surface area (Å²) in [5.41, 5.74) is 0.0993. The number of aliphatic hydroxyl groups excluding tert-OH is 1. The molecule has 162 valence electrons. The molecule has 1 atom stereocenters. The fourth-order valence-corrected chi connectivity index (χ4v) is 6.45. The highest BCUT2D eigenvalue weighted by molar-refractivity contribution is 9.09. The van der Waals surface area contributed by atoms with E-state index in [4.69, 9.17) is 4.74 Å². The van der Waals surface area contributed by atoms with Gasteiger partial charge in [-0.25, -0.2) is 0 Å².